The summed E-state index contributed by atoms with van der Waals surface area (Å²) in [5.41, 5.74) is 2.18. The standard InChI is InChI=1S/C17H17FN6O/c1-24(17-15-16(20-8-19-15)21-9-22-17)7-14(25)23-13-6-12(13)10-3-2-4-11(18)5-10/h2-5,8-9,12-13H,6-7H2,1H3,(H,23,25)(H,19,20,21,22)/t12-,13+/m1/s1. The first kappa shape index (κ1) is 15.5. The van der Waals surface area contributed by atoms with E-state index in [1.165, 1.54) is 18.5 Å². The maximum Gasteiger partial charge on any atom is 0.239 e. The lowest BCUT2D eigenvalue weighted by Crippen LogP contribution is -2.37. The second-order valence-electron chi connectivity index (χ2n) is 6.23. The number of hydrogen-bond acceptors (Lipinski definition) is 5. The van der Waals surface area contributed by atoms with Gasteiger partial charge in [-0.25, -0.2) is 19.3 Å². The first-order valence-electron chi connectivity index (χ1n) is 8.02. The minimum absolute atomic E-state index is 0.0558. The zero-order valence-electron chi connectivity index (χ0n) is 13.6. The second-order valence-corrected chi connectivity index (χ2v) is 6.23. The van der Waals surface area contributed by atoms with E-state index in [2.05, 4.69) is 25.3 Å². The fourth-order valence-corrected chi connectivity index (χ4v) is 3.04. The molecule has 2 atom stereocenters. The maximum absolute atomic E-state index is 13.3. The maximum atomic E-state index is 13.3. The second kappa shape index (κ2) is 6.12. The highest BCUT2D eigenvalue weighted by Gasteiger charge is 2.39. The van der Waals surface area contributed by atoms with Gasteiger partial charge in [-0.2, -0.15) is 0 Å². The number of H-pyrrole nitrogens is 1. The van der Waals surface area contributed by atoms with Gasteiger partial charge in [0, 0.05) is 19.0 Å². The van der Waals surface area contributed by atoms with Crippen LogP contribution in [0.4, 0.5) is 10.2 Å². The number of fused-ring (bicyclic) bond motifs is 1. The zero-order valence-corrected chi connectivity index (χ0v) is 13.6. The number of hydrogen-bond donors (Lipinski definition) is 2. The summed E-state index contributed by atoms with van der Waals surface area (Å²) in [6, 6.07) is 6.59. The third kappa shape index (κ3) is 3.15. The molecule has 1 aliphatic rings. The first-order chi connectivity index (χ1) is 12.1. The average molecular weight is 340 g/mol. The van der Waals surface area contributed by atoms with Gasteiger partial charge in [-0.3, -0.25) is 4.79 Å². The van der Waals surface area contributed by atoms with Crippen molar-refractivity contribution in [3.63, 3.8) is 0 Å². The van der Waals surface area contributed by atoms with Crippen LogP contribution in [0, 0.1) is 5.82 Å². The highest BCUT2D eigenvalue weighted by Crippen LogP contribution is 2.40. The Balaban J connectivity index is 1.37. The normalized spacial score (nSPS) is 19.0. The van der Waals surface area contributed by atoms with Crippen LogP contribution in [-0.2, 0) is 4.79 Å². The number of nitrogens with one attached hydrogen (secondary N) is 2. The van der Waals surface area contributed by atoms with Crippen LogP contribution in [0.3, 0.4) is 0 Å². The molecule has 8 heteroatoms. The Morgan fingerprint density at radius 1 is 1.40 bits per heavy atom. The van der Waals surface area contributed by atoms with Crippen molar-refractivity contribution in [1.29, 1.82) is 0 Å². The van der Waals surface area contributed by atoms with Crippen molar-refractivity contribution in [2.24, 2.45) is 0 Å². The predicted octanol–water partition coefficient (Wildman–Crippen LogP) is 1.60. The van der Waals surface area contributed by atoms with Gasteiger partial charge in [-0.05, 0) is 24.1 Å². The smallest absolute Gasteiger partial charge is 0.239 e. The third-order valence-corrected chi connectivity index (χ3v) is 4.36. The predicted molar refractivity (Wildman–Crippen MR) is 90.6 cm³/mol. The number of benzene rings is 1. The molecule has 0 spiro atoms. The summed E-state index contributed by atoms with van der Waals surface area (Å²) in [5.74, 6) is 0.456. The number of halogens is 1. The molecule has 0 saturated heterocycles. The lowest BCUT2D eigenvalue weighted by atomic mass is 10.1. The zero-order chi connectivity index (χ0) is 17.4. The van der Waals surface area contributed by atoms with Crippen LogP contribution in [0.25, 0.3) is 11.2 Å². The molecule has 0 aliphatic heterocycles. The fourth-order valence-electron chi connectivity index (χ4n) is 3.04. The quantitative estimate of drug-likeness (QED) is 0.737. The molecule has 2 aromatic heterocycles. The van der Waals surface area contributed by atoms with Crippen molar-refractivity contribution in [3.05, 3.63) is 48.3 Å². The van der Waals surface area contributed by atoms with Gasteiger partial charge in [0.25, 0.3) is 0 Å². The molecule has 128 valence electrons. The monoisotopic (exact) mass is 340 g/mol. The number of anilines is 1. The van der Waals surface area contributed by atoms with Crippen LogP contribution in [0.5, 0.6) is 0 Å². The van der Waals surface area contributed by atoms with E-state index in [0.717, 1.165) is 12.0 Å². The lowest BCUT2D eigenvalue weighted by molar-refractivity contribution is -0.119. The van der Waals surface area contributed by atoms with Gasteiger partial charge in [0.2, 0.25) is 5.91 Å². The minimum Gasteiger partial charge on any atom is -0.351 e. The van der Waals surface area contributed by atoms with Gasteiger partial charge in [0.05, 0.1) is 12.9 Å². The SMILES string of the molecule is CN(CC(=O)N[C@H]1C[C@@H]1c1cccc(F)c1)c1ncnc2nc[nH]c12. The molecule has 1 amide bonds. The van der Waals surface area contributed by atoms with Crippen LogP contribution in [0.15, 0.2) is 36.9 Å². The number of amides is 1. The number of likely N-dealkylation sites (N-methyl/N-ethyl adjacent to an activating group) is 1. The summed E-state index contributed by atoms with van der Waals surface area (Å²) >= 11 is 0. The number of carbonyl (C=O) groups is 1. The molecular weight excluding hydrogens is 323 g/mol. The van der Waals surface area contributed by atoms with Gasteiger partial charge in [0.1, 0.15) is 17.7 Å². The fraction of sp³-hybridized carbons (Fsp3) is 0.294. The van der Waals surface area contributed by atoms with E-state index in [0.29, 0.717) is 17.0 Å². The summed E-state index contributed by atoms with van der Waals surface area (Å²) < 4.78 is 13.3. The summed E-state index contributed by atoms with van der Waals surface area (Å²) in [7, 11) is 1.79. The molecule has 0 unspecified atom stereocenters. The van der Waals surface area contributed by atoms with Crippen molar-refractivity contribution >= 4 is 22.9 Å². The van der Waals surface area contributed by atoms with Crippen LogP contribution < -0.4 is 10.2 Å². The van der Waals surface area contributed by atoms with Gasteiger partial charge in [-0.15, -0.1) is 0 Å². The van der Waals surface area contributed by atoms with Gasteiger partial charge < -0.3 is 15.2 Å². The summed E-state index contributed by atoms with van der Waals surface area (Å²) in [6.07, 6.45) is 3.80. The van der Waals surface area contributed by atoms with E-state index in [1.54, 1.807) is 24.3 Å². The number of aromatic amines is 1. The molecule has 25 heavy (non-hydrogen) atoms. The Morgan fingerprint density at radius 2 is 2.28 bits per heavy atom. The van der Waals surface area contributed by atoms with E-state index in [-0.39, 0.29) is 30.2 Å². The summed E-state index contributed by atoms with van der Waals surface area (Å²) in [4.78, 5) is 29.4. The van der Waals surface area contributed by atoms with Crippen LogP contribution >= 0.6 is 0 Å². The summed E-state index contributed by atoms with van der Waals surface area (Å²) in [6.45, 7) is 0.164. The van der Waals surface area contributed by atoms with Gasteiger partial charge in [-0.1, -0.05) is 12.1 Å². The minimum atomic E-state index is -0.249. The van der Waals surface area contributed by atoms with Crippen LogP contribution in [0.2, 0.25) is 0 Å². The molecule has 4 rings (SSSR count). The molecule has 3 aromatic rings. The topological polar surface area (TPSA) is 86.8 Å². The number of rotatable bonds is 5. The third-order valence-electron chi connectivity index (χ3n) is 4.36. The van der Waals surface area contributed by atoms with E-state index in [9.17, 15) is 9.18 Å². The Bertz CT molecular complexity index is 926. The van der Waals surface area contributed by atoms with E-state index in [1.807, 2.05) is 6.07 Å². The Kier molecular flexibility index (Phi) is 3.79. The molecule has 0 radical (unpaired) electrons. The molecule has 1 fully saturated rings. The van der Waals surface area contributed by atoms with E-state index in [4.69, 9.17) is 0 Å². The Labute approximate surface area is 143 Å². The van der Waals surface area contributed by atoms with E-state index < -0.39 is 0 Å². The molecule has 2 heterocycles. The Morgan fingerprint density at radius 3 is 3.12 bits per heavy atom. The number of imidazole rings is 1. The molecule has 7 nitrogen and oxygen atoms in total. The highest BCUT2D eigenvalue weighted by molar-refractivity contribution is 5.87. The van der Waals surface area contributed by atoms with Crippen molar-refractivity contribution in [2.75, 3.05) is 18.5 Å². The molecule has 1 aromatic carbocycles. The highest BCUT2D eigenvalue weighted by atomic mass is 19.1. The van der Waals surface area contributed by atoms with Crippen molar-refractivity contribution in [2.45, 2.75) is 18.4 Å². The molecular formula is C17H17FN6O. The number of nitrogens with zero attached hydrogens (tertiary/aromatic N) is 4. The molecule has 2 N–H and O–H groups in total. The van der Waals surface area contributed by atoms with Crippen molar-refractivity contribution in [1.82, 2.24) is 25.3 Å². The molecule has 1 aliphatic carbocycles. The Hall–Kier alpha value is -3.03. The van der Waals surface area contributed by atoms with Gasteiger partial charge in [0.15, 0.2) is 11.5 Å². The summed E-state index contributed by atoms with van der Waals surface area (Å²) in [5, 5.41) is 2.99. The number of carbonyl (C=O) groups excluding carboxylic acids is 1. The van der Waals surface area contributed by atoms with E-state index >= 15 is 0 Å². The van der Waals surface area contributed by atoms with Crippen LogP contribution in [0.1, 0.15) is 17.9 Å². The van der Waals surface area contributed by atoms with Crippen molar-refractivity contribution < 1.29 is 9.18 Å². The van der Waals surface area contributed by atoms with Crippen LogP contribution in [-0.4, -0.2) is 45.5 Å². The largest absolute Gasteiger partial charge is 0.351 e. The first-order valence-corrected chi connectivity index (χ1v) is 8.02. The molecule has 1 saturated carbocycles. The lowest BCUT2D eigenvalue weighted by Gasteiger charge is -2.17. The van der Waals surface area contributed by atoms with Gasteiger partial charge >= 0.3 is 0 Å². The molecule has 0 bridgehead atoms. The van der Waals surface area contributed by atoms with Crippen molar-refractivity contribution in [3.8, 4) is 0 Å². The number of aromatic nitrogens is 4. The average Bonchev–Trinajstić information content (AvgIpc) is 3.17.